The summed E-state index contributed by atoms with van der Waals surface area (Å²) < 4.78 is 0. The molecular formula is C15H26N2O3. The summed E-state index contributed by atoms with van der Waals surface area (Å²) in [6.07, 6.45) is 4.76. The van der Waals surface area contributed by atoms with Crippen molar-refractivity contribution < 1.29 is 14.7 Å². The Balaban J connectivity index is 1.95. The minimum absolute atomic E-state index is 0.217. The van der Waals surface area contributed by atoms with Crippen LogP contribution in [0.2, 0.25) is 0 Å². The number of hydrogen-bond acceptors (Lipinski definition) is 2. The van der Waals surface area contributed by atoms with Crippen molar-refractivity contribution in [3.8, 4) is 0 Å². The molecule has 1 atom stereocenters. The van der Waals surface area contributed by atoms with Gasteiger partial charge in [-0.25, -0.2) is 9.59 Å². The molecule has 0 aromatic heterocycles. The molecule has 0 heterocycles. The van der Waals surface area contributed by atoms with Gasteiger partial charge in [-0.2, -0.15) is 0 Å². The van der Waals surface area contributed by atoms with Crippen LogP contribution < -0.4 is 5.32 Å². The largest absolute Gasteiger partial charge is 0.480 e. The molecule has 0 spiro atoms. The molecule has 2 aliphatic carbocycles. The molecule has 20 heavy (non-hydrogen) atoms. The van der Waals surface area contributed by atoms with Crippen LogP contribution in [0.5, 0.6) is 0 Å². The number of urea groups is 1. The fraction of sp³-hybridized carbons (Fsp3) is 0.867. The lowest BCUT2D eigenvalue weighted by molar-refractivity contribution is -0.142. The van der Waals surface area contributed by atoms with E-state index < -0.39 is 17.4 Å². The van der Waals surface area contributed by atoms with Gasteiger partial charge in [-0.05, 0) is 42.9 Å². The van der Waals surface area contributed by atoms with Crippen LogP contribution in [0.4, 0.5) is 4.79 Å². The standard InChI is InChI=1S/C15H26N2O3/c1-15(2,3)12(13(18)19)16-14(20)17(8-10-4-5-10)9-11-6-7-11/h10-12H,4-9H2,1-3H3,(H,16,20)(H,18,19). The second-order valence-electron chi connectivity index (χ2n) is 7.38. The summed E-state index contributed by atoms with van der Waals surface area (Å²) in [6, 6.07) is -1.07. The highest BCUT2D eigenvalue weighted by Gasteiger charge is 2.36. The maximum Gasteiger partial charge on any atom is 0.326 e. The van der Waals surface area contributed by atoms with Crippen LogP contribution in [0.1, 0.15) is 46.5 Å². The van der Waals surface area contributed by atoms with Crippen molar-refractivity contribution in [2.24, 2.45) is 17.3 Å². The molecule has 1 unspecified atom stereocenters. The van der Waals surface area contributed by atoms with E-state index in [1.54, 1.807) is 0 Å². The van der Waals surface area contributed by atoms with Gasteiger partial charge < -0.3 is 15.3 Å². The fourth-order valence-corrected chi connectivity index (χ4v) is 2.33. The number of aliphatic carboxylic acids is 1. The molecule has 2 rings (SSSR count). The van der Waals surface area contributed by atoms with Gasteiger partial charge in [0, 0.05) is 13.1 Å². The lowest BCUT2D eigenvalue weighted by Gasteiger charge is -2.31. The van der Waals surface area contributed by atoms with E-state index in [1.807, 2.05) is 25.7 Å². The first-order valence-electron chi connectivity index (χ1n) is 7.55. The van der Waals surface area contributed by atoms with Crippen molar-refractivity contribution in [2.45, 2.75) is 52.5 Å². The fourth-order valence-electron chi connectivity index (χ4n) is 2.33. The Morgan fingerprint density at radius 3 is 1.90 bits per heavy atom. The third-order valence-electron chi connectivity index (χ3n) is 4.02. The van der Waals surface area contributed by atoms with E-state index in [4.69, 9.17) is 0 Å². The van der Waals surface area contributed by atoms with Gasteiger partial charge in [-0.1, -0.05) is 20.8 Å². The molecule has 2 saturated carbocycles. The third-order valence-corrected chi connectivity index (χ3v) is 4.02. The minimum Gasteiger partial charge on any atom is -0.480 e. The zero-order chi connectivity index (χ0) is 14.9. The first-order valence-corrected chi connectivity index (χ1v) is 7.55. The molecule has 0 aliphatic heterocycles. The number of carboxylic acids is 1. The number of carboxylic acid groups (broad SMARTS) is 1. The second kappa shape index (κ2) is 5.62. The summed E-state index contributed by atoms with van der Waals surface area (Å²) in [5, 5.41) is 12.0. The first-order chi connectivity index (χ1) is 9.27. The van der Waals surface area contributed by atoms with Crippen molar-refractivity contribution in [3.05, 3.63) is 0 Å². The van der Waals surface area contributed by atoms with Gasteiger partial charge in [0.05, 0.1) is 0 Å². The maximum absolute atomic E-state index is 12.4. The number of nitrogens with zero attached hydrogens (tertiary/aromatic N) is 1. The summed E-state index contributed by atoms with van der Waals surface area (Å²) in [4.78, 5) is 25.6. The molecule has 2 aliphatic rings. The Morgan fingerprint density at radius 1 is 1.15 bits per heavy atom. The molecule has 2 fully saturated rings. The van der Waals surface area contributed by atoms with Crippen LogP contribution in [0, 0.1) is 17.3 Å². The van der Waals surface area contributed by atoms with Crippen LogP contribution >= 0.6 is 0 Å². The van der Waals surface area contributed by atoms with E-state index in [2.05, 4.69) is 5.32 Å². The van der Waals surface area contributed by atoms with Crippen molar-refractivity contribution in [2.75, 3.05) is 13.1 Å². The summed E-state index contributed by atoms with van der Waals surface area (Å²) in [5.41, 5.74) is -0.494. The quantitative estimate of drug-likeness (QED) is 0.785. The highest BCUT2D eigenvalue weighted by Crippen LogP contribution is 2.33. The van der Waals surface area contributed by atoms with Gasteiger partial charge in [0.15, 0.2) is 0 Å². The molecule has 114 valence electrons. The Bertz CT molecular complexity index is 367. The number of hydrogen-bond donors (Lipinski definition) is 2. The van der Waals surface area contributed by atoms with Crippen molar-refractivity contribution >= 4 is 12.0 Å². The van der Waals surface area contributed by atoms with Gasteiger partial charge >= 0.3 is 12.0 Å². The van der Waals surface area contributed by atoms with E-state index in [9.17, 15) is 14.7 Å². The number of carbonyl (C=O) groups is 2. The number of rotatable bonds is 6. The molecule has 0 radical (unpaired) electrons. The average Bonchev–Trinajstić information content (AvgIpc) is 3.16. The first kappa shape index (κ1) is 15.1. The molecule has 2 N–H and O–H groups in total. The molecule has 0 aromatic rings. The van der Waals surface area contributed by atoms with Crippen LogP contribution in [0.25, 0.3) is 0 Å². The third kappa shape index (κ3) is 4.39. The molecular weight excluding hydrogens is 256 g/mol. The predicted octanol–water partition coefficient (Wildman–Crippen LogP) is 2.32. The highest BCUT2D eigenvalue weighted by atomic mass is 16.4. The maximum atomic E-state index is 12.4. The predicted molar refractivity (Wildman–Crippen MR) is 76.4 cm³/mol. The van der Waals surface area contributed by atoms with Gasteiger partial charge in [-0.3, -0.25) is 0 Å². The Kier molecular flexibility index (Phi) is 4.25. The van der Waals surface area contributed by atoms with Crippen LogP contribution in [0.15, 0.2) is 0 Å². The summed E-state index contributed by atoms with van der Waals surface area (Å²) >= 11 is 0. The van der Waals surface area contributed by atoms with E-state index in [1.165, 1.54) is 25.7 Å². The zero-order valence-corrected chi connectivity index (χ0v) is 12.7. The Morgan fingerprint density at radius 2 is 1.60 bits per heavy atom. The smallest absolute Gasteiger partial charge is 0.326 e. The molecule has 0 aromatic carbocycles. The van der Waals surface area contributed by atoms with E-state index in [0.29, 0.717) is 11.8 Å². The SMILES string of the molecule is CC(C)(C)C(NC(=O)N(CC1CC1)CC1CC1)C(=O)O. The zero-order valence-electron chi connectivity index (χ0n) is 12.7. The summed E-state index contributed by atoms with van der Waals surface area (Å²) in [6.45, 7) is 7.05. The molecule has 5 nitrogen and oxygen atoms in total. The van der Waals surface area contributed by atoms with Crippen molar-refractivity contribution in [1.29, 1.82) is 0 Å². The highest BCUT2D eigenvalue weighted by molar-refractivity contribution is 5.83. The monoisotopic (exact) mass is 282 g/mol. The molecule has 0 saturated heterocycles. The van der Waals surface area contributed by atoms with Crippen molar-refractivity contribution in [1.82, 2.24) is 10.2 Å². The minimum atomic E-state index is -0.969. The second-order valence-corrected chi connectivity index (χ2v) is 7.38. The molecule has 2 amide bonds. The lowest BCUT2D eigenvalue weighted by Crippen LogP contribution is -2.54. The Labute approximate surface area is 120 Å². The number of carbonyl (C=O) groups excluding carboxylic acids is 1. The van der Waals surface area contributed by atoms with Gasteiger partial charge in [-0.15, -0.1) is 0 Å². The molecule has 0 bridgehead atoms. The van der Waals surface area contributed by atoms with Crippen molar-refractivity contribution in [3.63, 3.8) is 0 Å². The number of amides is 2. The van der Waals surface area contributed by atoms with E-state index in [0.717, 1.165) is 13.1 Å². The molecule has 5 heteroatoms. The van der Waals surface area contributed by atoms with Gasteiger partial charge in [0.2, 0.25) is 0 Å². The summed E-state index contributed by atoms with van der Waals surface area (Å²) in [7, 11) is 0. The van der Waals surface area contributed by atoms with E-state index in [-0.39, 0.29) is 6.03 Å². The summed E-state index contributed by atoms with van der Waals surface area (Å²) in [5.74, 6) is 0.276. The average molecular weight is 282 g/mol. The van der Waals surface area contributed by atoms with Gasteiger partial charge in [0.1, 0.15) is 6.04 Å². The normalized spacial score (nSPS) is 20.4. The topological polar surface area (TPSA) is 69.6 Å². The van der Waals surface area contributed by atoms with Crippen LogP contribution in [-0.4, -0.2) is 41.1 Å². The van der Waals surface area contributed by atoms with E-state index >= 15 is 0 Å². The Hall–Kier alpha value is -1.26. The van der Waals surface area contributed by atoms with Gasteiger partial charge in [0.25, 0.3) is 0 Å². The van der Waals surface area contributed by atoms with Crippen LogP contribution in [0.3, 0.4) is 0 Å². The number of nitrogens with one attached hydrogen (secondary N) is 1. The lowest BCUT2D eigenvalue weighted by atomic mass is 9.87. The van der Waals surface area contributed by atoms with Crippen LogP contribution in [-0.2, 0) is 4.79 Å².